The van der Waals surface area contributed by atoms with Crippen LogP contribution in [0.15, 0.2) is 4.99 Å². The van der Waals surface area contributed by atoms with E-state index in [0.29, 0.717) is 17.9 Å². The van der Waals surface area contributed by atoms with Crippen molar-refractivity contribution >= 4 is 5.96 Å². The molecule has 1 fully saturated rings. The van der Waals surface area contributed by atoms with Crippen LogP contribution in [0.25, 0.3) is 0 Å². The summed E-state index contributed by atoms with van der Waals surface area (Å²) in [7, 11) is 0. The minimum absolute atomic E-state index is 0.475. The fourth-order valence-electron chi connectivity index (χ4n) is 2.14. The van der Waals surface area contributed by atoms with Crippen LogP contribution >= 0.6 is 0 Å². The first-order valence-corrected chi connectivity index (χ1v) is 6.16. The first-order valence-electron chi connectivity index (χ1n) is 6.16. The highest BCUT2D eigenvalue weighted by Crippen LogP contribution is 2.27. The van der Waals surface area contributed by atoms with Gasteiger partial charge in [0.1, 0.15) is 0 Å². The molecule has 88 valence electrons. The van der Waals surface area contributed by atoms with Crippen LogP contribution < -0.4 is 11.1 Å². The normalized spacial score (nSPS) is 20.9. The largest absolute Gasteiger partial charge is 0.370 e. The highest BCUT2D eigenvalue weighted by Gasteiger charge is 2.21. The molecule has 0 aromatic rings. The van der Waals surface area contributed by atoms with Gasteiger partial charge in [-0.1, -0.05) is 26.7 Å². The molecule has 3 N–H and O–H groups in total. The van der Waals surface area contributed by atoms with Crippen molar-refractivity contribution in [3.63, 3.8) is 0 Å². The third-order valence-corrected chi connectivity index (χ3v) is 3.11. The molecule has 0 heterocycles. The Morgan fingerprint density at radius 3 is 2.47 bits per heavy atom. The SMILES string of the molecule is CC(C)CN=C(N)NC(C)C1CCCC1. The van der Waals surface area contributed by atoms with Crippen LogP contribution in [-0.4, -0.2) is 18.5 Å². The second kappa shape index (κ2) is 5.99. The van der Waals surface area contributed by atoms with Crippen molar-refractivity contribution in [2.24, 2.45) is 22.6 Å². The van der Waals surface area contributed by atoms with Crippen LogP contribution in [0.5, 0.6) is 0 Å². The number of aliphatic imine (C=N–C) groups is 1. The number of hydrogen-bond acceptors (Lipinski definition) is 1. The maximum absolute atomic E-state index is 5.83. The molecule has 3 heteroatoms. The van der Waals surface area contributed by atoms with Crippen molar-refractivity contribution in [1.29, 1.82) is 0 Å². The van der Waals surface area contributed by atoms with Crippen molar-refractivity contribution in [3.8, 4) is 0 Å². The van der Waals surface area contributed by atoms with Gasteiger partial charge in [-0.3, -0.25) is 4.99 Å². The van der Waals surface area contributed by atoms with Gasteiger partial charge in [0, 0.05) is 12.6 Å². The lowest BCUT2D eigenvalue weighted by Crippen LogP contribution is -2.42. The van der Waals surface area contributed by atoms with E-state index in [2.05, 4.69) is 31.1 Å². The second-order valence-electron chi connectivity index (χ2n) is 5.10. The first kappa shape index (κ1) is 12.3. The molecular weight excluding hydrogens is 186 g/mol. The molecule has 0 aromatic heterocycles. The molecule has 1 saturated carbocycles. The molecule has 0 amide bonds. The van der Waals surface area contributed by atoms with Crippen LogP contribution in [-0.2, 0) is 0 Å². The quantitative estimate of drug-likeness (QED) is 0.553. The van der Waals surface area contributed by atoms with Crippen LogP contribution in [0.4, 0.5) is 0 Å². The summed E-state index contributed by atoms with van der Waals surface area (Å²) >= 11 is 0. The van der Waals surface area contributed by atoms with Crippen LogP contribution in [0.3, 0.4) is 0 Å². The predicted octanol–water partition coefficient (Wildman–Crippen LogP) is 2.13. The molecule has 1 atom stereocenters. The molecule has 0 radical (unpaired) electrons. The fraction of sp³-hybridized carbons (Fsp3) is 0.917. The Morgan fingerprint density at radius 2 is 1.93 bits per heavy atom. The van der Waals surface area contributed by atoms with Crippen molar-refractivity contribution in [1.82, 2.24) is 5.32 Å². The summed E-state index contributed by atoms with van der Waals surface area (Å²) in [6.45, 7) is 7.33. The molecule has 1 rings (SSSR count). The van der Waals surface area contributed by atoms with Crippen molar-refractivity contribution in [2.75, 3.05) is 6.54 Å². The summed E-state index contributed by atoms with van der Waals surface area (Å²) in [5, 5.41) is 3.30. The number of nitrogens with two attached hydrogens (primary N) is 1. The lowest BCUT2D eigenvalue weighted by Gasteiger charge is -2.20. The van der Waals surface area contributed by atoms with Gasteiger partial charge in [0.25, 0.3) is 0 Å². The van der Waals surface area contributed by atoms with Crippen molar-refractivity contribution in [2.45, 2.75) is 52.5 Å². The molecule has 0 saturated heterocycles. The molecule has 15 heavy (non-hydrogen) atoms. The third kappa shape index (κ3) is 4.54. The van der Waals surface area contributed by atoms with Gasteiger partial charge in [-0.05, 0) is 31.6 Å². The molecular formula is C12H25N3. The summed E-state index contributed by atoms with van der Waals surface area (Å²) in [4.78, 5) is 4.32. The van der Waals surface area contributed by atoms with Crippen molar-refractivity contribution < 1.29 is 0 Å². The van der Waals surface area contributed by atoms with E-state index < -0.39 is 0 Å². The number of nitrogens with one attached hydrogen (secondary N) is 1. The lowest BCUT2D eigenvalue weighted by atomic mass is 10.0. The zero-order valence-corrected chi connectivity index (χ0v) is 10.3. The van der Waals surface area contributed by atoms with E-state index in [1.54, 1.807) is 0 Å². The number of nitrogens with zero attached hydrogens (tertiary/aromatic N) is 1. The average molecular weight is 211 g/mol. The first-order chi connectivity index (χ1) is 7.09. The zero-order chi connectivity index (χ0) is 11.3. The topological polar surface area (TPSA) is 50.4 Å². The molecule has 0 aromatic carbocycles. The van der Waals surface area contributed by atoms with E-state index >= 15 is 0 Å². The predicted molar refractivity (Wildman–Crippen MR) is 65.9 cm³/mol. The maximum Gasteiger partial charge on any atom is 0.188 e. The molecule has 1 aliphatic carbocycles. The third-order valence-electron chi connectivity index (χ3n) is 3.11. The average Bonchev–Trinajstić information content (AvgIpc) is 2.67. The van der Waals surface area contributed by atoms with Gasteiger partial charge in [-0.15, -0.1) is 0 Å². The number of guanidine groups is 1. The van der Waals surface area contributed by atoms with Crippen molar-refractivity contribution in [3.05, 3.63) is 0 Å². The van der Waals surface area contributed by atoms with Gasteiger partial charge >= 0.3 is 0 Å². The van der Waals surface area contributed by atoms with Gasteiger partial charge in [-0.2, -0.15) is 0 Å². The Bertz CT molecular complexity index is 205. The Kier molecular flexibility index (Phi) is 4.92. The number of hydrogen-bond donors (Lipinski definition) is 2. The smallest absolute Gasteiger partial charge is 0.188 e. The van der Waals surface area contributed by atoms with Crippen LogP contribution in [0.1, 0.15) is 46.5 Å². The molecule has 0 spiro atoms. The molecule has 0 bridgehead atoms. The highest BCUT2D eigenvalue weighted by molar-refractivity contribution is 5.78. The van der Waals surface area contributed by atoms with Gasteiger partial charge < -0.3 is 11.1 Å². The van der Waals surface area contributed by atoms with E-state index in [1.165, 1.54) is 25.7 Å². The highest BCUT2D eigenvalue weighted by atomic mass is 15.1. The standard InChI is InChI=1S/C12H25N3/c1-9(2)8-14-12(13)15-10(3)11-6-4-5-7-11/h9-11H,4-8H2,1-3H3,(H3,13,14,15). The Hall–Kier alpha value is -0.730. The van der Waals surface area contributed by atoms with E-state index in [9.17, 15) is 0 Å². The second-order valence-corrected chi connectivity index (χ2v) is 5.10. The fourth-order valence-corrected chi connectivity index (χ4v) is 2.14. The Balaban J connectivity index is 2.29. The van der Waals surface area contributed by atoms with Gasteiger partial charge in [0.15, 0.2) is 5.96 Å². The van der Waals surface area contributed by atoms with E-state index in [4.69, 9.17) is 5.73 Å². The summed E-state index contributed by atoms with van der Waals surface area (Å²) < 4.78 is 0. The minimum Gasteiger partial charge on any atom is -0.370 e. The molecule has 1 unspecified atom stereocenters. The number of rotatable bonds is 4. The van der Waals surface area contributed by atoms with E-state index in [-0.39, 0.29) is 0 Å². The molecule has 0 aliphatic heterocycles. The Morgan fingerprint density at radius 1 is 1.33 bits per heavy atom. The van der Waals surface area contributed by atoms with Gasteiger partial charge in [0.2, 0.25) is 0 Å². The monoisotopic (exact) mass is 211 g/mol. The zero-order valence-electron chi connectivity index (χ0n) is 10.3. The summed E-state index contributed by atoms with van der Waals surface area (Å²) in [6, 6.07) is 0.475. The summed E-state index contributed by atoms with van der Waals surface area (Å²) in [5.74, 6) is 1.98. The van der Waals surface area contributed by atoms with Gasteiger partial charge in [-0.25, -0.2) is 0 Å². The Labute approximate surface area is 93.5 Å². The van der Waals surface area contributed by atoms with E-state index in [0.717, 1.165) is 12.5 Å². The van der Waals surface area contributed by atoms with E-state index in [1.807, 2.05) is 0 Å². The maximum atomic E-state index is 5.83. The summed E-state index contributed by atoms with van der Waals surface area (Å²) in [6.07, 6.45) is 5.43. The van der Waals surface area contributed by atoms with Gasteiger partial charge in [0.05, 0.1) is 0 Å². The van der Waals surface area contributed by atoms with Crippen LogP contribution in [0, 0.1) is 11.8 Å². The summed E-state index contributed by atoms with van der Waals surface area (Å²) in [5.41, 5.74) is 5.83. The minimum atomic E-state index is 0.475. The molecule has 3 nitrogen and oxygen atoms in total. The van der Waals surface area contributed by atoms with Crippen LogP contribution in [0.2, 0.25) is 0 Å². The molecule has 1 aliphatic rings. The lowest BCUT2D eigenvalue weighted by molar-refractivity contribution is 0.424.